The molecular formula is C20H25ClN2O3S. The molecule has 0 aliphatic rings. The number of aromatic nitrogens is 1. The molecule has 5 nitrogen and oxygen atoms in total. The summed E-state index contributed by atoms with van der Waals surface area (Å²) in [7, 11) is 0. The van der Waals surface area contributed by atoms with Crippen LogP contribution in [-0.4, -0.2) is 39.9 Å². The molecule has 0 saturated carbocycles. The van der Waals surface area contributed by atoms with Crippen molar-refractivity contribution in [1.82, 2.24) is 9.88 Å². The van der Waals surface area contributed by atoms with E-state index >= 15 is 0 Å². The number of nitrogens with zero attached hydrogens (tertiary/aromatic N) is 2. The highest BCUT2D eigenvalue weighted by atomic mass is 35.5. The van der Waals surface area contributed by atoms with Crippen molar-refractivity contribution < 1.29 is 14.3 Å². The molecule has 0 bridgehead atoms. The number of hydrogen-bond acceptors (Lipinski definition) is 5. The molecule has 1 heterocycles. The number of carbonyl (C=O) groups is 2. The molecule has 1 aromatic heterocycles. The first kappa shape index (κ1) is 21.4. The van der Waals surface area contributed by atoms with Gasteiger partial charge < -0.3 is 9.64 Å². The number of halogens is 1. The summed E-state index contributed by atoms with van der Waals surface area (Å²) in [5.41, 5.74) is 1.46. The summed E-state index contributed by atoms with van der Waals surface area (Å²) in [6.45, 7) is 11.1. The highest BCUT2D eigenvalue weighted by molar-refractivity contribution is 7.17. The largest absolute Gasteiger partial charge is 0.448 e. The van der Waals surface area contributed by atoms with Crippen LogP contribution in [-0.2, 0) is 9.53 Å². The van der Waals surface area contributed by atoms with Gasteiger partial charge >= 0.3 is 5.97 Å². The Balaban J connectivity index is 2.16. The Labute approximate surface area is 169 Å². The zero-order chi connectivity index (χ0) is 20.3. The number of hydrogen-bond donors (Lipinski definition) is 0. The van der Waals surface area contributed by atoms with Crippen LogP contribution in [0.25, 0.3) is 10.6 Å². The number of thiazole rings is 1. The van der Waals surface area contributed by atoms with Crippen LogP contribution >= 0.6 is 22.9 Å². The van der Waals surface area contributed by atoms with Crippen molar-refractivity contribution in [2.24, 2.45) is 0 Å². The summed E-state index contributed by atoms with van der Waals surface area (Å²) >= 11 is 7.16. The fraction of sp³-hybridized carbons (Fsp3) is 0.450. The van der Waals surface area contributed by atoms with Gasteiger partial charge in [0.05, 0.1) is 5.69 Å². The lowest BCUT2D eigenvalue weighted by Crippen LogP contribution is -2.47. The van der Waals surface area contributed by atoms with Crippen molar-refractivity contribution in [3.8, 4) is 10.6 Å². The molecule has 0 aliphatic heterocycles. The van der Waals surface area contributed by atoms with Crippen molar-refractivity contribution in [1.29, 1.82) is 0 Å². The Bertz CT molecular complexity index is 807. The molecule has 0 aliphatic carbocycles. The topological polar surface area (TPSA) is 59.5 Å². The SMILES string of the molecule is Cc1nc(-c2ccc(Cl)cc2)sc1C(=O)OC(C)C(=O)N(C(C)C)C(C)C. The van der Waals surface area contributed by atoms with E-state index in [-0.39, 0.29) is 18.0 Å². The molecule has 0 N–H and O–H groups in total. The molecule has 0 radical (unpaired) electrons. The lowest BCUT2D eigenvalue weighted by Gasteiger charge is -2.32. The minimum absolute atomic E-state index is 0.0281. The zero-order valence-electron chi connectivity index (χ0n) is 16.4. The summed E-state index contributed by atoms with van der Waals surface area (Å²) in [6, 6.07) is 7.31. The van der Waals surface area contributed by atoms with Crippen LogP contribution < -0.4 is 0 Å². The van der Waals surface area contributed by atoms with E-state index in [0.29, 0.717) is 20.6 Å². The first-order valence-corrected chi connectivity index (χ1v) is 10.1. The molecule has 27 heavy (non-hydrogen) atoms. The quantitative estimate of drug-likeness (QED) is 0.633. The third-order valence-electron chi connectivity index (χ3n) is 4.07. The van der Waals surface area contributed by atoms with Gasteiger partial charge in [-0.3, -0.25) is 4.79 Å². The fourth-order valence-electron chi connectivity index (χ4n) is 2.88. The highest BCUT2D eigenvalue weighted by Gasteiger charge is 2.29. The molecule has 1 unspecified atom stereocenters. The van der Waals surface area contributed by atoms with Crippen molar-refractivity contribution >= 4 is 34.8 Å². The first-order valence-electron chi connectivity index (χ1n) is 8.88. The summed E-state index contributed by atoms with van der Waals surface area (Å²) < 4.78 is 5.45. The molecular weight excluding hydrogens is 384 g/mol. The maximum absolute atomic E-state index is 12.7. The molecule has 1 atom stereocenters. The zero-order valence-corrected chi connectivity index (χ0v) is 18.0. The van der Waals surface area contributed by atoms with Gasteiger partial charge in [0, 0.05) is 22.7 Å². The second-order valence-corrected chi connectivity index (χ2v) is 8.36. The third-order valence-corrected chi connectivity index (χ3v) is 5.51. The lowest BCUT2D eigenvalue weighted by molar-refractivity contribution is -0.143. The van der Waals surface area contributed by atoms with E-state index in [1.165, 1.54) is 11.3 Å². The summed E-state index contributed by atoms with van der Waals surface area (Å²) in [4.78, 5) is 31.8. The van der Waals surface area contributed by atoms with E-state index in [4.69, 9.17) is 16.3 Å². The number of carbonyl (C=O) groups excluding carboxylic acids is 2. The van der Waals surface area contributed by atoms with Crippen molar-refractivity contribution in [3.05, 3.63) is 39.9 Å². The van der Waals surface area contributed by atoms with Gasteiger partial charge in [-0.25, -0.2) is 9.78 Å². The summed E-state index contributed by atoms with van der Waals surface area (Å²) in [5, 5.41) is 1.35. The number of aryl methyl sites for hydroxylation is 1. The number of rotatable bonds is 6. The Hall–Kier alpha value is -1.92. The van der Waals surface area contributed by atoms with E-state index in [1.807, 2.05) is 39.8 Å². The molecule has 2 rings (SSSR count). The Morgan fingerprint density at radius 3 is 2.15 bits per heavy atom. The first-order chi connectivity index (χ1) is 12.6. The second kappa shape index (κ2) is 8.85. The Morgan fingerprint density at radius 1 is 1.07 bits per heavy atom. The molecule has 0 spiro atoms. The van der Waals surface area contributed by atoms with Crippen LogP contribution in [0.5, 0.6) is 0 Å². The number of benzene rings is 1. The van der Waals surface area contributed by atoms with Crippen molar-refractivity contribution in [3.63, 3.8) is 0 Å². The molecule has 7 heteroatoms. The van der Waals surface area contributed by atoms with Crippen LogP contribution in [0.4, 0.5) is 0 Å². The molecule has 1 aromatic carbocycles. The van der Waals surface area contributed by atoms with Gasteiger partial charge in [-0.05, 0) is 53.7 Å². The molecule has 0 saturated heterocycles. The third kappa shape index (κ3) is 5.08. The molecule has 2 aromatic rings. The van der Waals surface area contributed by atoms with Crippen LogP contribution in [0.1, 0.15) is 50.0 Å². The minimum Gasteiger partial charge on any atom is -0.448 e. The summed E-state index contributed by atoms with van der Waals surface area (Å²) in [5.74, 6) is -0.730. The second-order valence-electron chi connectivity index (χ2n) is 6.92. The predicted molar refractivity (Wildman–Crippen MR) is 109 cm³/mol. The van der Waals surface area contributed by atoms with Crippen LogP contribution in [0.15, 0.2) is 24.3 Å². The molecule has 0 fully saturated rings. The highest BCUT2D eigenvalue weighted by Crippen LogP contribution is 2.29. The van der Waals surface area contributed by atoms with E-state index < -0.39 is 12.1 Å². The average molecular weight is 409 g/mol. The van der Waals surface area contributed by atoms with Gasteiger partial charge in [-0.1, -0.05) is 23.7 Å². The monoisotopic (exact) mass is 408 g/mol. The van der Waals surface area contributed by atoms with Gasteiger partial charge in [-0.15, -0.1) is 11.3 Å². The minimum atomic E-state index is -0.859. The average Bonchev–Trinajstić information content (AvgIpc) is 2.96. The van der Waals surface area contributed by atoms with E-state index in [1.54, 1.807) is 30.9 Å². The number of ether oxygens (including phenoxy) is 1. The maximum atomic E-state index is 12.7. The maximum Gasteiger partial charge on any atom is 0.351 e. The van der Waals surface area contributed by atoms with Crippen LogP contribution in [0.2, 0.25) is 5.02 Å². The smallest absolute Gasteiger partial charge is 0.351 e. The summed E-state index contributed by atoms with van der Waals surface area (Å²) in [6.07, 6.45) is -0.859. The van der Waals surface area contributed by atoms with E-state index in [2.05, 4.69) is 4.98 Å². The van der Waals surface area contributed by atoms with Gasteiger partial charge in [0.2, 0.25) is 0 Å². The van der Waals surface area contributed by atoms with Crippen LogP contribution in [0.3, 0.4) is 0 Å². The molecule has 1 amide bonds. The van der Waals surface area contributed by atoms with Gasteiger partial charge in [0.25, 0.3) is 5.91 Å². The number of amides is 1. The number of esters is 1. The Morgan fingerprint density at radius 2 is 1.63 bits per heavy atom. The van der Waals surface area contributed by atoms with Crippen molar-refractivity contribution in [2.45, 2.75) is 59.7 Å². The van der Waals surface area contributed by atoms with Crippen LogP contribution in [0, 0.1) is 6.92 Å². The van der Waals surface area contributed by atoms with E-state index in [0.717, 1.165) is 5.56 Å². The van der Waals surface area contributed by atoms with Gasteiger partial charge in [0.15, 0.2) is 6.10 Å². The lowest BCUT2D eigenvalue weighted by atomic mass is 10.2. The van der Waals surface area contributed by atoms with E-state index in [9.17, 15) is 9.59 Å². The molecule has 146 valence electrons. The Kier molecular flexibility index (Phi) is 7.00. The van der Waals surface area contributed by atoms with Crippen molar-refractivity contribution in [2.75, 3.05) is 0 Å². The van der Waals surface area contributed by atoms with Gasteiger partial charge in [-0.2, -0.15) is 0 Å². The normalized spacial score (nSPS) is 12.3. The fourth-order valence-corrected chi connectivity index (χ4v) is 3.96. The van der Waals surface area contributed by atoms with Gasteiger partial charge in [0.1, 0.15) is 9.88 Å². The standard InChI is InChI=1S/C20H25ClN2O3S/c1-11(2)23(12(3)4)19(24)14(6)26-20(25)17-13(5)22-18(27-17)15-7-9-16(21)10-8-15/h7-12,14H,1-6H3. The predicted octanol–water partition coefficient (Wildman–Crippen LogP) is 4.96.